The van der Waals surface area contributed by atoms with Crippen molar-refractivity contribution in [3.8, 4) is 6.07 Å². The van der Waals surface area contributed by atoms with Gasteiger partial charge in [-0.25, -0.2) is 4.79 Å². The van der Waals surface area contributed by atoms with E-state index in [0.717, 1.165) is 0 Å². The highest BCUT2D eigenvalue weighted by atomic mass is 16.3. The minimum absolute atomic E-state index is 0.148. The molecule has 106 valence electrons. The quantitative estimate of drug-likeness (QED) is 0.894. The van der Waals surface area contributed by atoms with Crippen LogP contribution in [-0.4, -0.2) is 40.1 Å². The molecule has 0 aromatic heterocycles. The molecule has 1 aromatic carbocycles. The number of hydrogen-bond acceptors (Lipinski definition) is 3. The largest absolute Gasteiger partial charge is 0.365 e. The maximum atomic E-state index is 12.3. The molecule has 20 heavy (non-hydrogen) atoms. The molecular weight excluding hydrogens is 254 g/mol. The Kier molecular flexibility index (Phi) is 3.45. The van der Waals surface area contributed by atoms with Crippen LogP contribution in [-0.2, 0) is 5.72 Å². The lowest BCUT2D eigenvalue weighted by molar-refractivity contribution is -0.0995. The second-order valence-electron chi connectivity index (χ2n) is 5.45. The number of amides is 2. The summed E-state index contributed by atoms with van der Waals surface area (Å²) < 4.78 is 0. The lowest BCUT2D eigenvalue weighted by Crippen LogP contribution is -2.50. The molecule has 2 rings (SSSR count). The molecule has 1 heterocycles. The Balaban J connectivity index is 2.60. The normalized spacial score (nSPS) is 26.2. The van der Waals surface area contributed by atoms with Gasteiger partial charge in [0.1, 0.15) is 0 Å². The molecule has 1 aliphatic rings. The van der Waals surface area contributed by atoms with Crippen LogP contribution in [0, 0.1) is 11.3 Å². The summed E-state index contributed by atoms with van der Waals surface area (Å²) in [5, 5.41) is 20.2. The van der Waals surface area contributed by atoms with Crippen molar-refractivity contribution in [1.29, 1.82) is 5.26 Å². The molecule has 0 radical (unpaired) electrons. The molecule has 2 amide bonds. The zero-order valence-electron chi connectivity index (χ0n) is 12.2. The van der Waals surface area contributed by atoms with E-state index in [-0.39, 0.29) is 12.1 Å². The van der Waals surface area contributed by atoms with Crippen LogP contribution >= 0.6 is 0 Å². The Labute approximate surface area is 119 Å². The standard InChI is InChI=1S/C15H19N3O2/c1-10(2)18-14(19)17(4)11(3)15(18,20)13-7-5-6-12(8-13)9-16/h5-8,10-11,20H,1-4H3/t11-,15?/m1/s1. The van der Waals surface area contributed by atoms with E-state index in [4.69, 9.17) is 5.26 Å². The second kappa shape index (κ2) is 4.80. The summed E-state index contributed by atoms with van der Waals surface area (Å²) in [5.41, 5.74) is -0.392. The van der Waals surface area contributed by atoms with E-state index in [1.807, 2.05) is 13.8 Å². The van der Waals surface area contributed by atoms with Crippen LogP contribution < -0.4 is 0 Å². The number of rotatable bonds is 2. The Morgan fingerprint density at radius 1 is 1.45 bits per heavy atom. The van der Waals surface area contributed by atoms with Crippen molar-refractivity contribution in [2.75, 3.05) is 7.05 Å². The summed E-state index contributed by atoms with van der Waals surface area (Å²) in [4.78, 5) is 15.3. The Morgan fingerprint density at radius 2 is 2.10 bits per heavy atom. The summed E-state index contributed by atoms with van der Waals surface area (Å²) in [6, 6.07) is 8.09. The monoisotopic (exact) mass is 273 g/mol. The fraction of sp³-hybridized carbons (Fsp3) is 0.467. The molecule has 2 atom stereocenters. The van der Waals surface area contributed by atoms with Crippen LogP contribution in [0.3, 0.4) is 0 Å². The highest BCUT2D eigenvalue weighted by Crippen LogP contribution is 2.40. The van der Waals surface area contributed by atoms with Gasteiger partial charge in [-0.15, -0.1) is 0 Å². The Hall–Kier alpha value is -2.06. The maximum absolute atomic E-state index is 12.3. The number of carbonyl (C=O) groups is 1. The Bertz CT molecular complexity index is 579. The molecule has 1 aromatic rings. The smallest absolute Gasteiger partial charge is 0.323 e. The van der Waals surface area contributed by atoms with E-state index in [0.29, 0.717) is 11.1 Å². The minimum atomic E-state index is -1.42. The van der Waals surface area contributed by atoms with E-state index in [2.05, 4.69) is 6.07 Å². The summed E-state index contributed by atoms with van der Waals surface area (Å²) in [7, 11) is 1.68. The van der Waals surface area contributed by atoms with E-state index in [1.54, 1.807) is 38.2 Å². The summed E-state index contributed by atoms with van der Waals surface area (Å²) in [6.07, 6.45) is 0. The fourth-order valence-corrected chi connectivity index (χ4v) is 2.77. The highest BCUT2D eigenvalue weighted by molar-refractivity contribution is 5.79. The van der Waals surface area contributed by atoms with Crippen molar-refractivity contribution >= 4 is 6.03 Å². The molecule has 0 bridgehead atoms. The van der Waals surface area contributed by atoms with Crippen molar-refractivity contribution in [2.24, 2.45) is 0 Å². The number of urea groups is 1. The summed E-state index contributed by atoms with van der Waals surface area (Å²) >= 11 is 0. The third kappa shape index (κ3) is 1.84. The molecule has 0 aliphatic carbocycles. The molecule has 1 saturated heterocycles. The van der Waals surface area contributed by atoms with Crippen LogP contribution in [0.2, 0.25) is 0 Å². The zero-order chi connectivity index (χ0) is 15.1. The number of benzene rings is 1. The molecule has 1 aliphatic heterocycles. The third-order valence-electron chi connectivity index (χ3n) is 3.97. The maximum Gasteiger partial charge on any atom is 0.323 e. The van der Waals surface area contributed by atoms with Gasteiger partial charge < -0.3 is 10.0 Å². The zero-order valence-corrected chi connectivity index (χ0v) is 12.2. The number of hydrogen-bond donors (Lipinski definition) is 1. The van der Waals surface area contributed by atoms with Crippen LogP contribution in [0.15, 0.2) is 24.3 Å². The first-order valence-corrected chi connectivity index (χ1v) is 6.63. The molecule has 1 N–H and O–H groups in total. The van der Waals surface area contributed by atoms with Gasteiger partial charge >= 0.3 is 6.03 Å². The van der Waals surface area contributed by atoms with Gasteiger partial charge in [0.05, 0.1) is 17.7 Å². The molecule has 1 unspecified atom stereocenters. The van der Waals surface area contributed by atoms with Crippen molar-refractivity contribution < 1.29 is 9.90 Å². The van der Waals surface area contributed by atoms with Gasteiger partial charge in [0.2, 0.25) is 0 Å². The number of nitrogens with zero attached hydrogens (tertiary/aromatic N) is 3. The van der Waals surface area contributed by atoms with E-state index in [9.17, 15) is 9.90 Å². The predicted octanol–water partition coefficient (Wildman–Crippen LogP) is 1.87. The van der Waals surface area contributed by atoms with Crippen molar-refractivity contribution in [1.82, 2.24) is 9.80 Å². The first-order chi connectivity index (χ1) is 9.33. The van der Waals surface area contributed by atoms with E-state index >= 15 is 0 Å². The van der Waals surface area contributed by atoms with Gasteiger partial charge in [-0.3, -0.25) is 4.90 Å². The van der Waals surface area contributed by atoms with Crippen molar-refractivity contribution in [3.05, 3.63) is 35.4 Å². The van der Waals surface area contributed by atoms with Gasteiger partial charge in [-0.2, -0.15) is 5.26 Å². The van der Waals surface area contributed by atoms with Gasteiger partial charge in [0.15, 0.2) is 5.72 Å². The molecular formula is C15H19N3O2. The summed E-state index contributed by atoms with van der Waals surface area (Å²) in [5.74, 6) is 0. The lowest BCUT2D eigenvalue weighted by Gasteiger charge is -2.37. The first-order valence-electron chi connectivity index (χ1n) is 6.63. The second-order valence-corrected chi connectivity index (χ2v) is 5.45. The SMILES string of the molecule is CC(C)N1C(=O)N(C)[C@H](C)C1(O)c1cccc(C#N)c1. The number of likely N-dealkylation sites (N-methyl/N-ethyl adjacent to an activating group) is 1. The number of aliphatic hydroxyl groups is 1. The van der Waals surface area contributed by atoms with Gasteiger partial charge in [-0.1, -0.05) is 12.1 Å². The van der Waals surface area contributed by atoms with Gasteiger partial charge in [-0.05, 0) is 32.9 Å². The molecule has 0 spiro atoms. The van der Waals surface area contributed by atoms with E-state index in [1.165, 1.54) is 9.80 Å². The highest BCUT2D eigenvalue weighted by Gasteiger charge is 2.55. The fourth-order valence-electron chi connectivity index (χ4n) is 2.77. The molecule has 1 fully saturated rings. The van der Waals surface area contributed by atoms with Crippen LogP contribution in [0.25, 0.3) is 0 Å². The molecule has 0 saturated carbocycles. The van der Waals surface area contributed by atoms with Crippen molar-refractivity contribution in [3.63, 3.8) is 0 Å². The number of nitriles is 1. The third-order valence-corrected chi connectivity index (χ3v) is 3.97. The average molecular weight is 273 g/mol. The molecule has 5 nitrogen and oxygen atoms in total. The molecule has 5 heteroatoms. The van der Waals surface area contributed by atoms with Gasteiger partial charge in [0.25, 0.3) is 0 Å². The van der Waals surface area contributed by atoms with Gasteiger partial charge in [0, 0.05) is 18.7 Å². The van der Waals surface area contributed by atoms with Crippen molar-refractivity contribution in [2.45, 2.75) is 38.6 Å². The lowest BCUT2D eigenvalue weighted by atomic mass is 9.93. The topological polar surface area (TPSA) is 67.6 Å². The van der Waals surface area contributed by atoms with Crippen LogP contribution in [0.5, 0.6) is 0 Å². The van der Waals surface area contributed by atoms with Crippen LogP contribution in [0.4, 0.5) is 4.79 Å². The average Bonchev–Trinajstić information content (AvgIpc) is 2.61. The first kappa shape index (κ1) is 14.4. The van der Waals surface area contributed by atoms with E-state index < -0.39 is 11.8 Å². The minimum Gasteiger partial charge on any atom is -0.365 e. The predicted molar refractivity (Wildman–Crippen MR) is 74.6 cm³/mol. The number of carbonyl (C=O) groups excluding carboxylic acids is 1. The summed E-state index contributed by atoms with van der Waals surface area (Å²) in [6.45, 7) is 5.53. The van der Waals surface area contributed by atoms with Crippen LogP contribution in [0.1, 0.15) is 31.9 Å². The Morgan fingerprint density at radius 3 is 2.65 bits per heavy atom.